The number of nitrogens with zero attached hydrogens (tertiary/aromatic N) is 2. The van der Waals surface area contributed by atoms with Crippen LogP contribution in [0.15, 0.2) is 24.3 Å². The molecular weight excluding hydrogens is 258 g/mol. The monoisotopic (exact) mass is 277 g/mol. The number of hydrogen-bond donors (Lipinski definition) is 1. The van der Waals surface area contributed by atoms with Crippen LogP contribution < -0.4 is 15.0 Å². The number of likely N-dealkylation sites (N-methyl/N-ethyl adjacent to an activating group) is 1. The highest BCUT2D eigenvalue weighted by molar-refractivity contribution is 5.99. The Kier molecular flexibility index (Phi) is 4.12. The molecule has 1 heterocycles. The van der Waals surface area contributed by atoms with Crippen LogP contribution in [0.4, 0.5) is 10.5 Å². The lowest BCUT2D eigenvalue weighted by Gasteiger charge is -2.32. The Labute approximate surface area is 118 Å². The highest BCUT2D eigenvalue weighted by Gasteiger charge is 2.31. The van der Waals surface area contributed by atoms with Gasteiger partial charge >= 0.3 is 6.03 Å². The molecule has 0 aromatic heterocycles. The van der Waals surface area contributed by atoms with Gasteiger partial charge in [0.15, 0.2) is 6.10 Å². The fraction of sp³-hybridized carbons (Fsp3) is 0.429. The number of benzene rings is 1. The molecule has 3 amide bonds. The second-order valence-electron chi connectivity index (χ2n) is 4.89. The van der Waals surface area contributed by atoms with Crippen molar-refractivity contribution in [2.45, 2.75) is 12.5 Å². The first-order valence-electron chi connectivity index (χ1n) is 6.49. The minimum absolute atomic E-state index is 0.0946. The number of amides is 3. The first-order chi connectivity index (χ1) is 9.50. The Morgan fingerprint density at radius 3 is 2.80 bits per heavy atom. The maximum Gasteiger partial charge on any atom is 0.316 e. The van der Waals surface area contributed by atoms with Crippen molar-refractivity contribution in [1.29, 1.82) is 0 Å². The van der Waals surface area contributed by atoms with Gasteiger partial charge in [-0.1, -0.05) is 12.1 Å². The Balaban J connectivity index is 1.97. The van der Waals surface area contributed by atoms with E-state index in [4.69, 9.17) is 4.74 Å². The van der Waals surface area contributed by atoms with Crippen LogP contribution >= 0.6 is 0 Å². The lowest BCUT2D eigenvalue weighted by atomic mass is 10.1. The number of rotatable bonds is 3. The second kappa shape index (κ2) is 5.81. The molecule has 0 saturated heterocycles. The fourth-order valence-corrected chi connectivity index (χ4v) is 2.02. The summed E-state index contributed by atoms with van der Waals surface area (Å²) in [7, 11) is 5.07. The second-order valence-corrected chi connectivity index (χ2v) is 4.89. The summed E-state index contributed by atoms with van der Waals surface area (Å²) in [5, 5.41) is 2.72. The van der Waals surface area contributed by atoms with Crippen LogP contribution in [-0.2, 0) is 4.79 Å². The maximum absolute atomic E-state index is 12.2. The Morgan fingerprint density at radius 1 is 1.40 bits per heavy atom. The zero-order chi connectivity index (χ0) is 14.7. The quantitative estimate of drug-likeness (QED) is 0.899. The number of para-hydroxylation sites is 2. The molecule has 6 heteroatoms. The molecule has 1 unspecified atom stereocenters. The van der Waals surface area contributed by atoms with Gasteiger partial charge in [-0.05, 0) is 12.1 Å². The smallest absolute Gasteiger partial charge is 0.316 e. The third kappa shape index (κ3) is 2.84. The van der Waals surface area contributed by atoms with Crippen LogP contribution in [-0.4, -0.2) is 50.6 Å². The Hall–Kier alpha value is -2.24. The molecule has 1 aromatic rings. The van der Waals surface area contributed by atoms with Crippen LogP contribution in [0.3, 0.4) is 0 Å². The summed E-state index contributed by atoms with van der Waals surface area (Å²) < 4.78 is 5.70. The molecule has 1 aliphatic rings. The van der Waals surface area contributed by atoms with Crippen LogP contribution in [0.5, 0.6) is 5.75 Å². The molecule has 0 aliphatic carbocycles. The van der Waals surface area contributed by atoms with E-state index in [-0.39, 0.29) is 11.9 Å². The average molecular weight is 277 g/mol. The van der Waals surface area contributed by atoms with Crippen molar-refractivity contribution in [3.63, 3.8) is 0 Å². The van der Waals surface area contributed by atoms with Crippen LogP contribution in [0.25, 0.3) is 0 Å². The van der Waals surface area contributed by atoms with Crippen LogP contribution in [0.1, 0.15) is 6.42 Å². The van der Waals surface area contributed by atoms with E-state index >= 15 is 0 Å². The van der Waals surface area contributed by atoms with Gasteiger partial charge in [-0.2, -0.15) is 0 Å². The fourth-order valence-electron chi connectivity index (χ4n) is 2.02. The van der Waals surface area contributed by atoms with E-state index in [9.17, 15) is 9.59 Å². The standard InChI is InChI=1S/C14H19N3O3/c1-16(2)14(19)15-9-8-12-13(18)17(3)10-6-4-5-7-11(10)20-12/h4-7,12H,8-9H2,1-3H3,(H,15,19). The number of carbonyl (C=O) groups is 2. The van der Waals surface area contributed by atoms with E-state index in [1.165, 1.54) is 4.90 Å². The molecular formula is C14H19N3O3. The van der Waals surface area contributed by atoms with Gasteiger partial charge in [0.05, 0.1) is 5.69 Å². The summed E-state index contributed by atoms with van der Waals surface area (Å²) in [5.41, 5.74) is 0.770. The SMILES string of the molecule is CN(C)C(=O)NCCC1Oc2ccccc2N(C)C1=O. The summed E-state index contributed by atoms with van der Waals surface area (Å²) in [6.07, 6.45) is -0.116. The Bertz CT molecular complexity index is 516. The third-order valence-corrected chi connectivity index (χ3v) is 3.19. The normalized spacial score (nSPS) is 17.2. The lowest BCUT2D eigenvalue weighted by molar-refractivity contribution is -0.126. The summed E-state index contributed by atoms with van der Waals surface area (Å²) in [6.45, 7) is 0.392. The molecule has 108 valence electrons. The van der Waals surface area contributed by atoms with Crippen molar-refractivity contribution >= 4 is 17.6 Å². The summed E-state index contributed by atoms with van der Waals surface area (Å²) in [6, 6.07) is 7.24. The molecule has 20 heavy (non-hydrogen) atoms. The number of hydrogen-bond acceptors (Lipinski definition) is 3. The average Bonchev–Trinajstić information content (AvgIpc) is 2.44. The predicted molar refractivity (Wildman–Crippen MR) is 76.0 cm³/mol. The van der Waals surface area contributed by atoms with Crippen molar-refractivity contribution < 1.29 is 14.3 Å². The van der Waals surface area contributed by atoms with E-state index < -0.39 is 6.10 Å². The Morgan fingerprint density at radius 2 is 2.10 bits per heavy atom. The number of fused-ring (bicyclic) bond motifs is 1. The van der Waals surface area contributed by atoms with E-state index in [2.05, 4.69) is 5.32 Å². The van der Waals surface area contributed by atoms with Crippen molar-refractivity contribution in [3.05, 3.63) is 24.3 Å². The van der Waals surface area contributed by atoms with E-state index in [1.807, 2.05) is 24.3 Å². The number of ether oxygens (including phenoxy) is 1. The highest BCUT2D eigenvalue weighted by Crippen LogP contribution is 2.33. The molecule has 0 spiro atoms. The number of nitrogens with one attached hydrogen (secondary N) is 1. The molecule has 1 aromatic carbocycles. The van der Waals surface area contributed by atoms with Crippen molar-refractivity contribution in [3.8, 4) is 5.75 Å². The van der Waals surface area contributed by atoms with Gasteiger partial charge < -0.3 is 19.9 Å². The number of carbonyl (C=O) groups excluding carboxylic acids is 2. The predicted octanol–water partition coefficient (Wildman–Crippen LogP) is 1.07. The van der Waals surface area contributed by atoms with E-state index in [0.29, 0.717) is 18.7 Å². The topological polar surface area (TPSA) is 61.9 Å². The van der Waals surface area contributed by atoms with Crippen molar-refractivity contribution in [2.75, 3.05) is 32.6 Å². The minimum Gasteiger partial charge on any atom is -0.478 e. The van der Waals surface area contributed by atoms with Crippen LogP contribution in [0, 0.1) is 0 Å². The largest absolute Gasteiger partial charge is 0.478 e. The van der Waals surface area contributed by atoms with Gasteiger partial charge in [0, 0.05) is 34.1 Å². The van der Waals surface area contributed by atoms with Crippen LogP contribution in [0.2, 0.25) is 0 Å². The third-order valence-electron chi connectivity index (χ3n) is 3.19. The van der Waals surface area contributed by atoms with Gasteiger partial charge in [0.25, 0.3) is 5.91 Å². The number of anilines is 1. The molecule has 1 aliphatic heterocycles. The summed E-state index contributed by atoms with van der Waals surface area (Å²) in [5.74, 6) is 0.598. The van der Waals surface area contributed by atoms with Gasteiger partial charge in [-0.25, -0.2) is 4.79 Å². The van der Waals surface area contributed by atoms with Gasteiger partial charge in [-0.15, -0.1) is 0 Å². The number of urea groups is 1. The minimum atomic E-state index is -0.558. The summed E-state index contributed by atoms with van der Waals surface area (Å²) >= 11 is 0. The molecule has 0 fully saturated rings. The molecule has 0 radical (unpaired) electrons. The van der Waals surface area contributed by atoms with Gasteiger partial charge in [0.2, 0.25) is 0 Å². The highest BCUT2D eigenvalue weighted by atomic mass is 16.5. The molecule has 2 rings (SSSR count). The molecule has 1 N–H and O–H groups in total. The molecule has 0 saturated carbocycles. The van der Waals surface area contributed by atoms with E-state index in [1.54, 1.807) is 26.0 Å². The lowest BCUT2D eigenvalue weighted by Crippen LogP contribution is -2.45. The first-order valence-corrected chi connectivity index (χ1v) is 6.49. The first kappa shape index (κ1) is 14.2. The molecule has 1 atom stereocenters. The summed E-state index contributed by atoms with van der Waals surface area (Å²) in [4.78, 5) is 26.6. The molecule has 6 nitrogen and oxygen atoms in total. The zero-order valence-corrected chi connectivity index (χ0v) is 11.9. The van der Waals surface area contributed by atoms with Crippen molar-refractivity contribution in [1.82, 2.24) is 10.2 Å². The van der Waals surface area contributed by atoms with Gasteiger partial charge in [0.1, 0.15) is 5.75 Å². The molecule has 0 bridgehead atoms. The van der Waals surface area contributed by atoms with E-state index in [0.717, 1.165) is 5.69 Å². The zero-order valence-electron chi connectivity index (χ0n) is 11.9. The van der Waals surface area contributed by atoms with Crippen molar-refractivity contribution in [2.24, 2.45) is 0 Å². The maximum atomic E-state index is 12.2. The van der Waals surface area contributed by atoms with Gasteiger partial charge in [-0.3, -0.25) is 4.79 Å².